The zero-order valence-electron chi connectivity index (χ0n) is 16.6. The van der Waals surface area contributed by atoms with Crippen molar-refractivity contribution < 1.29 is 9.53 Å². The molecule has 0 aliphatic heterocycles. The molecular formula is C25H28N2O2. The second kappa shape index (κ2) is 11.5. The van der Waals surface area contributed by atoms with Crippen LogP contribution in [0.25, 0.3) is 0 Å². The topological polar surface area (TPSA) is 50.4 Å². The van der Waals surface area contributed by atoms with Crippen LogP contribution in [-0.4, -0.2) is 25.6 Å². The maximum Gasteiger partial charge on any atom is 0.239 e. The standard InChI is InChI=1S/C25H28N2O2/c28-25(26-17-16-22-11-5-2-6-12-22)20-27-23-14-7-15-24(19-23)29-18-8-13-21-9-3-1-4-10-21/h1-7,9-12,14-15,19,27H,8,13,16-18,20H2,(H,26,28). The van der Waals surface area contributed by atoms with E-state index < -0.39 is 0 Å². The molecule has 0 unspecified atom stereocenters. The highest BCUT2D eigenvalue weighted by Crippen LogP contribution is 2.17. The average Bonchev–Trinajstić information content (AvgIpc) is 2.77. The van der Waals surface area contributed by atoms with Crippen LogP contribution in [0.2, 0.25) is 0 Å². The minimum atomic E-state index is -0.0184. The summed E-state index contributed by atoms with van der Waals surface area (Å²) in [5.41, 5.74) is 3.42. The lowest BCUT2D eigenvalue weighted by Gasteiger charge is -2.10. The van der Waals surface area contributed by atoms with Gasteiger partial charge < -0.3 is 15.4 Å². The first-order valence-corrected chi connectivity index (χ1v) is 10.1. The van der Waals surface area contributed by atoms with Gasteiger partial charge >= 0.3 is 0 Å². The Morgan fingerprint density at radius 1 is 0.793 bits per heavy atom. The van der Waals surface area contributed by atoms with E-state index in [2.05, 4.69) is 47.0 Å². The van der Waals surface area contributed by atoms with Crippen molar-refractivity contribution in [3.8, 4) is 5.75 Å². The highest BCUT2D eigenvalue weighted by molar-refractivity contribution is 5.80. The Bertz CT molecular complexity index is 866. The normalized spacial score (nSPS) is 10.3. The summed E-state index contributed by atoms with van der Waals surface area (Å²) in [6.45, 7) is 1.54. The van der Waals surface area contributed by atoms with Crippen molar-refractivity contribution in [2.24, 2.45) is 0 Å². The van der Waals surface area contributed by atoms with Gasteiger partial charge in [-0.25, -0.2) is 0 Å². The summed E-state index contributed by atoms with van der Waals surface area (Å²) in [6.07, 6.45) is 2.80. The Kier molecular flexibility index (Phi) is 8.15. The number of carbonyl (C=O) groups is 1. The predicted octanol–water partition coefficient (Wildman–Crippen LogP) is 4.47. The molecule has 0 aromatic heterocycles. The van der Waals surface area contributed by atoms with Gasteiger partial charge in [-0.2, -0.15) is 0 Å². The van der Waals surface area contributed by atoms with Gasteiger partial charge in [-0.05, 0) is 42.5 Å². The quantitative estimate of drug-likeness (QED) is 0.477. The molecule has 3 aromatic rings. The smallest absolute Gasteiger partial charge is 0.239 e. The molecule has 0 atom stereocenters. The number of aryl methyl sites for hydroxylation is 1. The van der Waals surface area contributed by atoms with E-state index in [4.69, 9.17) is 4.74 Å². The zero-order chi connectivity index (χ0) is 20.2. The molecule has 2 N–H and O–H groups in total. The van der Waals surface area contributed by atoms with Crippen LogP contribution < -0.4 is 15.4 Å². The van der Waals surface area contributed by atoms with E-state index in [1.165, 1.54) is 11.1 Å². The molecule has 0 aliphatic carbocycles. The maximum atomic E-state index is 12.0. The van der Waals surface area contributed by atoms with Gasteiger partial charge in [-0.1, -0.05) is 66.7 Å². The number of hydrogen-bond donors (Lipinski definition) is 2. The van der Waals surface area contributed by atoms with Crippen LogP contribution in [0.1, 0.15) is 17.5 Å². The summed E-state index contributed by atoms with van der Waals surface area (Å²) in [5, 5.41) is 6.10. The molecule has 0 spiro atoms. The molecule has 4 heteroatoms. The molecule has 0 fully saturated rings. The van der Waals surface area contributed by atoms with E-state index in [-0.39, 0.29) is 12.5 Å². The van der Waals surface area contributed by atoms with Gasteiger partial charge in [0, 0.05) is 18.3 Å². The second-order valence-corrected chi connectivity index (χ2v) is 6.90. The minimum Gasteiger partial charge on any atom is -0.494 e. The van der Waals surface area contributed by atoms with E-state index in [1.807, 2.05) is 48.5 Å². The van der Waals surface area contributed by atoms with Crippen LogP contribution in [0, 0.1) is 0 Å². The third-order valence-corrected chi connectivity index (χ3v) is 4.59. The lowest BCUT2D eigenvalue weighted by Crippen LogP contribution is -2.31. The van der Waals surface area contributed by atoms with Crippen molar-refractivity contribution in [2.75, 3.05) is 25.0 Å². The second-order valence-electron chi connectivity index (χ2n) is 6.90. The number of ether oxygens (including phenoxy) is 1. The summed E-state index contributed by atoms with van der Waals surface area (Å²) in [6, 6.07) is 28.3. The highest BCUT2D eigenvalue weighted by atomic mass is 16.5. The first-order chi connectivity index (χ1) is 14.3. The summed E-state index contributed by atoms with van der Waals surface area (Å²) in [7, 11) is 0. The predicted molar refractivity (Wildman–Crippen MR) is 118 cm³/mol. The molecule has 4 nitrogen and oxygen atoms in total. The number of nitrogens with one attached hydrogen (secondary N) is 2. The number of anilines is 1. The van der Waals surface area contributed by atoms with Crippen molar-refractivity contribution in [1.82, 2.24) is 5.32 Å². The van der Waals surface area contributed by atoms with Gasteiger partial charge in [0.15, 0.2) is 0 Å². The Balaban J connectivity index is 1.34. The van der Waals surface area contributed by atoms with Crippen LogP contribution in [0.15, 0.2) is 84.9 Å². The van der Waals surface area contributed by atoms with Crippen molar-refractivity contribution >= 4 is 11.6 Å². The summed E-state index contributed by atoms with van der Waals surface area (Å²) < 4.78 is 5.85. The lowest BCUT2D eigenvalue weighted by molar-refractivity contribution is -0.119. The number of benzene rings is 3. The molecular weight excluding hydrogens is 360 g/mol. The third kappa shape index (κ3) is 7.70. The fourth-order valence-corrected chi connectivity index (χ4v) is 3.04. The number of amides is 1. The Hall–Kier alpha value is -3.27. The van der Waals surface area contributed by atoms with Gasteiger partial charge in [-0.3, -0.25) is 4.79 Å². The molecule has 3 rings (SSSR count). The first-order valence-electron chi connectivity index (χ1n) is 10.1. The van der Waals surface area contributed by atoms with E-state index in [0.717, 1.165) is 30.7 Å². The molecule has 0 radical (unpaired) electrons. The van der Waals surface area contributed by atoms with Crippen LogP contribution in [0.5, 0.6) is 5.75 Å². The largest absolute Gasteiger partial charge is 0.494 e. The van der Waals surface area contributed by atoms with Gasteiger partial charge in [0.25, 0.3) is 0 Å². The van der Waals surface area contributed by atoms with Gasteiger partial charge in [-0.15, -0.1) is 0 Å². The third-order valence-electron chi connectivity index (χ3n) is 4.59. The Morgan fingerprint density at radius 2 is 1.48 bits per heavy atom. The molecule has 0 saturated carbocycles. The van der Waals surface area contributed by atoms with Crippen LogP contribution >= 0.6 is 0 Å². The number of carbonyl (C=O) groups excluding carboxylic acids is 1. The number of hydrogen-bond acceptors (Lipinski definition) is 3. The van der Waals surface area contributed by atoms with Crippen molar-refractivity contribution in [1.29, 1.82) is 0 Å². The monoisotopic (exact) mass is 388 g/mol. The van der Waals surface area contributed by atoms with Crippen molar-refractivity contribution in [3.05, 3.63) is 96.1 Å². The van der Waals surface area contributed by atoms with Crippen molar-refractivity contribution in [3.63, 3.8) is 0 Å². The van der Waals surface area contributed by atoms with E-state index >= 15 is 0 Å². The maximum absolute atomic E-state index is 12.0. The van der Waals surface area contributed by atoms with E-state index in [9.17, 15) is 4.79 Å². The summed E-state index contributed by atoms with van der Waals surface area (Å²) >= 11 is 0. The molecule has 29 heavy (non-hydrogen) atoms. The molecule has 1 amide bonds. The van der Waals surface area contributed by atoms with Crippen molar-refractivity contribution in [2.45, 2.75) is 19.3 Å². The molecule has 0 saturated heterocycles. The van der Waals surface area contributed by atoms with E-state index in [1.54, 1.807) is 0 Å². The first kappa shape index (κ1) is 20.5. The zero-order valence-corrected chi connectivity index (χ0v) is 16.6. The molecule has 150 valence electrons. The average molecular weight is 389 g/mol. The number of rotatable bonds is 11. The highest BCUT2D eigenvalue weighted by Gasteiger charge is 2.02. The molecule has 3 aromatic carbocycles. The molecule has 0 aliphatic rings. The molecule has 0 bridgehead atoms. The van der Waals surface area contributed by atoms with Crippen LogP contribution in [0.3, 0.4) is 0 Å². The van der Waals surface area contributed by atoms with Crippen LogP contribution in [0.4, 0.5) is 5.69 Å². The van der Waals surface area contributed by atoms with Crippen LogP contribution in [-0.2, 0) is 17.6 Å². The molecule has 0 heterocycles. The lowest BCUT2D eigenvalue weighted by atomic mass is 10.1. The minimum absolute atomic E-state index is 0.0184. The summed E-state index contributed by atoms with van der Waals surface area (Å²) in [4.78, 5) is 12.0. The fourth-order valence-electron chi connectivity index (χ4n) is 3.04. The van der Waals surface area contributed by atoms with Gasteiger partial charge in [0.1, 0.15) is 5.75 Å². The summed E-state index contributed by atoms with van der Waals surface area (Å²) in [5.74, 6) is 0.794. The van der Waals surface area contributed by atoms with Gasteiger partial charge in [0.05, 0.1) is 13.2 Å². The van der Waals surface area contributed by atoms with E-state index in [0.29, 0.717) is 13.2 Å². The Labute approximate surface area is 172 Å². The SMILES string of the molecule is O=C(CNc1cccc(OCCCc2ccccc2)c1)NCCc1ccccc1. The fraction of sp³-hybridized carbons (Fsp3) is 0.240. The van der Waals surface area contributed by atoms with Gasteiger partial charge in [0.2, 0.25) is 5.91 Å². The Morgan fingerprint density at radius 3 is 2.21 bits per heavy atom.